The molecule has 2 aromatic heterocycles. The molecule has 4 aromatic rings. The predicted molar refractivity (Wildman–Crippen MR) is 192 cm³/mol. The summed E-state index contributed by atoms with van der Waals surface area (Å²) in [5, 5.41) is 31.7. The molecule has 15 nitrogen and oxygen atoms in total. The average molecular weight is 734 g/mol. The molecule has 6 rings (SSSR count). The van der Waals surface area contributed by atoms with Crippen molar-refractivity contribution in [2.75, 3.05) is 26.2 Å². The number of nitrogens with zero attached hydrogens (tertiary/aromatic N) is 6. The van der Waals surface area contributed by atoms with Gasteiger partial charge in [0.25, 0.3) is 11.8 Å². The molecule has 0 aliphatic carbocycles. The zero-order valence-corrected chi connectivity index (χ0v) is 30.1. The first kappa shape index (κ1) is 38.0. The van der Waals surface area contributed by atoms with Crippen molar-refractivity contribution in [2.45, 2.75) is 64.8 Å². The van der Waals surface area contributed by atoms with Crippen LogP contribution in [0, 0.1) is 5.92 Å². The lowest BCUT2D eigenvalue weighted by atomic mass is 10.0. The summed E-state index contributed by atoms with van der Waals surface area (Å²) in [6, 6.07) is 11.1. The standard InChI is InChI=1S/C36H44ClN9O6/c1-23(2)20-29-34(49)38-14-18-44(36(51)27-8-4-5-9-30(27)46-16-6-13-39-46)17-12-26-22-45(43-42-26)15-7-19-52-31-11-10-25(21-28(31)37)33(48)41-32(24(3)47)35(50)40-29/h4-6,8-11,13,16,21-24,29,32,47H,7,12,14-15,17-20H2,1-3H3,(H,38,49)(H,40,50)(H,41,48)/t24-,29-,32+/m1/s1. The van der Waals surface area contributed by atoms with Crippen LogP contribution in [0.15, 0.2) is 67.1 Å². The molecular weight excluding hydrogens is 690 g/mol. The lowest BCUT2D eigenvalue weighted by Gasteiger charge is -2.27. The Balaban J connectivity index is 1.40. The first-order chi connectivity index (χ1) is 25.0. The van der Waals surface area contributed by atoms with Gasteiger partial charge < -0.3 is 30.7 Å². The van der Waals surface area contributed by atoms with E-state index in [1.807, 2.05) is 32.2 Å². The van der Waals surface area contributed by atoms with Crippen molar-refractivity contribution in [2.24, 2.45) is 5.92 Å². The van der Waals surface area contributed by atoms with E-state index in [-0.39, 0.29) is 48.5 Å². The van der Waals surface area contributed by atoms with Crippen molar-refractivity contribution >= 4 is 35.2 Å². The van der Waals surface area contributed by atoms with Crippen molar-refractivity contribution in [3.8, 4) is 11.4 Å². The molecule has 4 amide bonds. The number of carbonyl (C=O) groups is 4. The number of rotatable bonds is 5. The Kier molecular flexibility index (Phi) is 13.0. The summed E-state index contributed by atoms with van der Waals surface area (Å²) in [5.41, 5.74) is 1.88. The Bertz CT molecular complexity index is 1840. The maximum absolute atomic E-state index is 14.1. The summed E-state index contributed by atoms with van der Waals surface area (Å²) in [7, 11) is 0. The van der Waals surface area contributed by atoms with Crippen LogP contribution in [0.4, 0.5) is 0 Å². The first-order valence-electron chi connectivity index (χ1n) is 17.3. The Morgan fingerprint density at radius 3 is 2.58 bits per heavy atom. The molecule has 4 bridgehead atoms. The van der Waals surface area contributed by atoms with Crippen LogP contribution >= 0.6 is 11.6 Å². The van der Waals surface area contributed by atoms with Gasteiger partial charge in [0.2, 0.25) is 11.8 Å². The summed E-state index contributed by atoms with van der Waals surface area (Å²) in [6.07, 6.45) is 5.19. The van der Waals surface area contributed by atoms with Crippen molar-refractivity contribution in [1.29, 1.82) is 0 Å². The number of carbonyl (C=O) groups excluding carboxylic acids is 4. The number of amides is 4. The molecule has 52 heavy (non-hydrogen) atoms. The molecule has 0 saturated heterocycles. The maximum Gasteiger partial charge on any atom is 0.256 e. The Morgan fingerprint density at radius 2 is 1.85 bits per heavy atom. The van der Waals surface area contributed by atoms with Crippen LogP contribution in [0.25, 0.3) is 5.69 Å². The lowest BCUT2D eigenvalue weighted by Crippen LogP contribution is -2.57. The number of hydrogen-bond acceptors (Lipinski definition) is 9. The van der Waals surface area contributed by atoms with E-state index in [0.717, 1.165) is 0 Å². The molecule has 2 aliphatic rings. The number of aryl methyl sites for hydroxylation is 1. The Hall–Kier alpha value is -5.28. The number of hydrogen-bond donors (Lipinski definition) is 4. The number of ether oxygens (including phenoxy) is 1. The first-order valence-corrected chi connectivity index (χ1v) is 17.6. The van der Waals surface area contributed by atoms with Crippen LogP contribution in [-0.4, -0.2) is 103 Å². The van der Waals surface area contributed by atoms with E-state index in [1.54, 1.807) is 50.9 Å². The molecule has 4 N–H and O–H groups in total. The van der Waals surface area contributed by atoms with Gasteiger partial charge in [0, 0.05) is 63.2 Å². The third-order valence-corrected chi connectivity index (χ3v) is 8.75. The topological polar surface area (TPSA) is 186 Å². The fraction of sp³-hybridized carbons (Fsp3) is 0.417. The average Bonchev–Trinajstić information content (AvgIpc) is 3.82. The number of halogens is 1. The van der Waals surface area contributed by atoms with Crippen LogP contribution in [0.5, 0.6) is 5.75 Å². The highest BCUT2D eigenvalue weighted by molar-refractivity contribution is 6.32. The molecular formula is C36H44ClN9O6. The summed E-state index contributed by atoms with van der Waals surface area (Å²) >= 11 is 6.43. The van der Waals surface area contributed by atoms with Gasteiger partial charge in [0.1, 0.15) is 17.8 Å². The fourth-order valence-corrected chi connectivity index (χ4v) is 6.00. The number of para-hydroxylation sites is 1. The van der Waals surface area contributed by atoms with Crippen LogP contribution in [0.1, 0.15) is 60.0 Å². The highest BCUT2D eigenvalue weighted by Gasteiger charge is 2.31. The van der Waals surface area contributed by atoms with Gasteiger partial charge in [-0.1, -0.05) is 42.8 Å². The van der Waals surface area contributed by atoms with Gasteiger partial charge in [-0.2, -0.15) is 5.10 Å². The predicted octanol–water partition coefficient (Wildman–Crippen LogP) is 2.41. The minimum Gasteiger partial charge on any atom is -0.492 e. The molecule has 3 atom stereocenters. The third kappa shape index (κ3) is 9.94. The van der Waals surface area contributed by atoms with Crippen molar-refractivity contribution in [1.82, 2.24) is 45.6 Å². The van der Waals surface area contributed by atoms with Crippen LogP contribution in [-0.2, 0) is 22.6 Å². The highest BCUT2D eigenvalue weighted by Crippen LogP contribution is 2.26. The lowest BCUT2D eigenvalue weighted by molar-refractivity contribution is -0.131. The van der Waals surface area contributed by atoms with E-state index < -0.39 is 35.9 Å². The van der Waals surface area contributed by atoms with E-state index in [9.17, 15) is 24.3 Å². The summed E-state index contributed by atoms with van der Waals surface area (Å²) < 4.78 is 9.17. The smallest absolute Gasteiger partial charge is 0.256 e. The fourth-order valence-electron chi connectivity index (χ4n) is 5.76. The van der Waals surface area contributed by atoms with E-state index in [1.165, 1.54) is 19.1 Å². The van der Waals surface area contributed by atoms with Crippen molar-refractivity contribution in [3.05, 3.63) is 89.0 Å². The third-order valence-electron chi connectivity index (χ3n) is 8.45. The van der Waals surface area contributed by atoms with Gasteiger partial charge >= 0.3 is 0 Å². The van der Waals surface area contributed by atoms with Crippen LogP contribution < -0.4 is 20.7 Å². The van der Waals surface area contributed by atoms with Crippen LogP contribution in [0.2, 0.25) is 5.02 Å². The van der Waals surface area contributed by atoms with Gasteiger partial charge in [-0.3, -0.25) is 23.9 Å². The number of aliphatic hydroxyl groups excluding tert-OH is 1. The van der Waals surface area contributed by atoms with Gasteiger partial charge in [-0.05, 0) is 55.7 Å². The van der Waals surface area contributed by atoms with Crippen molar-refractivity contribution in [3.63, 3.8) is 0 Å². The number of benzene rings is 2. The zero-order valence-electron chi connectivity index (χ0n) is 29.4. The van der Waals surface area contributed by atoms with Crippen molar-refractivity contribution < 1.29 is 29.0 Å². The number of aliphatic hydroxyl groups is 1. The normalized spacial score (nSPS) is 18.9. The second-order valence-corrected chi connectivity index (χ2v) is 13.4. The van der Waals surface area contributed by atoms with Gasteiger partial charge in [0.15, 0.2) is 0 Å². The molecule has 0 fully saturated rings. The Labute approximate surface area is 306 Å². The molecule has 0 saturated carbocycles. The van der Waals surface area contributed by atoms with E-state index in [0.29, 0.717) is 48.7 Å². The number of nitrogens with one attached hydrogen (secondary N) is 3. The van der Waals surface area contributed by atoms with Gasteiger partial charge in [-0.25, -0.2) is 4.68 Å². The Morgan fingerprint density at radius 1 is 1.04 bits per heavy atom. The maximum atomic E-state index is 14.1. The molecule has 2 aliphatic heterocycles. The number of aromatic nitrogens is 5. The second-order valence-electron chi connectivity index (χ2n) is 13.0. The molecule has 0 radical (unpaired) electrons. The van der Waals surface area contributed by atoms with E-state index in [2.05, 4.69) is 31.4 Å². The molecule has 16 heteroatoms. The van der Waals surface area contributed by atoms with E-state index >= 15 is 0 Å². The van der Waals surface area contributed by atoms with Gasteiger partial charge in [0.05, 0.1) is 34.7 Å². The summed E-state index contributed by atoms with van der Waals surface area (Å²) in [4.78, 5) is 55.9. The van der Waals surface area contributed by atoms with E-state index in [4.69, 9.17) is 16.3 Å². The largest absolute Gasteiger partial charge is 0.492 e. The minimum atomic E-state index is -1.37. The molecule has 276 valence electrons. The molecule has 2 aromatic carbocycles. The summed E-state index contributed by atoms with van der Waals surface area (Å²) in [5.74, 6) is -1.73. The zero-order chi connectivity index (χ0) is 37.2. The summed E-state index contributed by atoms with van der Waals surface area (Å²) in [6.45, 7) is 6.52. The second kappa shape index (κ2) is 17.8. The molecule has 0 unspecified atom stereocenters. The van der Waals surface area contributed by atoms with Gasteiger partial charge in [-0.15, -0.1) is 5.10 Å². The highest BCUT2D eigenvalue weighted by atomic mass is 35.5. The quantitative estimate of drug-likeness (QED) is 0.224. The number of fused-ring (bicyclic) bond motifs is 17. The monoisotopic (exact) mass is 733 g/mol. The van der Waals surface area contributed by atoms with Crippen LogP contribution in [0.3, 0.4) is 0 Å². The SMILES string of the molecule is CC(C)C[C@H]1NC(=O)[C@H]([C@@H](C)O)NC(=O)c2ccc(c(Cl)c2)OCCCn2cc(nn2)CCN(C(=O)c2ccccc2-n2cccn2)CCNC1=O. The molecule has 4 heterocycles. The minimum absolute atomic E-state index is 0.00986. The molecule has 0 spiro atoms.